The average Bonchev–Trinajstić information content (AvgIpc) is 2.67. The van der Waals surface area contributed by atoms with E-state index < -0.39 is 0 Å². The van der Waals surface area contributed by atoms with Gasteiger partial charge in [0.15, 0.2) is 0 Å². The molecule has 0 saturated carbocycles. The van der Waals surface area contributed by atoms with E-state index in [0.29, 0.717) is 12.5 Å². The summed E-state index contributed by atoms with van der Waals surface area (Å²) in [6.45, 7) is 2.46. The van der Waals surface area contributed by atoms with E-state index in [1.54, 1.807) is 0 Å². The van der Waals surface area contributed by atoms with Gasteiger partial charge in [0.05, 0.1) is 5.69 Å². The highest BCUT2D eigenvalue weighted by Crippen LogP contribution is 2.21. The van der Waals surface area contributed by atoms with E-state index >= 15 is 0 Å². The van der Waals surface area contributed by atoms with Crippen molar-refractivity contribution in [2.75, 3.05) is 37.8 Å². The second kappa shape index (κ2) is 8.97. The van der Waals surface area contributed by atoms with Gasteiger partial charge in [-0.3, -0.25) is 0 Å². The summed E-state index contributed by atoms with van der Waals surface area (Å²) >= 11 is 0. The summed E-state index contributed by atoms with van der Waals surface area (Å²) in [6, 6.07) is 22.4. The van der Waals surface area contributed by atoms with E-state index in [-0.39, 0.29) is 0 Å². The standard InChI is InChI=1S/C21H25N5/c1-26(2)14-13-22-20-15-19(18-11-7-4-8-12-18)24-21(25-20)23-16-17-9-5-3-6-10-17/h3-12,15H,13-14,16H2,1-2H3,(H2,22,23,24,25). The molecule has 1 aromatic heterocycles. The second-order valence-electron chi connectivity index (χ2n) is 6.40. The van der Waals surface area contributed by atoms with Gasteiger partial charge in [0.25, 0.3) is 0 Å². The van der Waals surface area contributed by atoms with Gasteiger partial charge < -0.3 is 15.5 Å². The van der Waals surface area contributed by atoms with Crippen molar-refractivity contribution in [3.8, 4) is 11.3 Å². The molecule has 26 heavy (non-hydrogen) atoms. The Labute approximate surface area is 155 Å². The Hall–Kier alpha value is -2.92. The minimum absolute atomic E-state index is 0.627. The summed E-state index contributed by atoms with van der Waals surface area (Å²) in [7, 11) is 4.12. The van der Waals surface area contributed by atoms with Crippen LogP contribution in [0.25, 0.3) is 11.3 Å². The maximum atomic E-state index is 4.69. The van der Waals surface area contributed by atoms with Crippen LogP contribution in [0.4, 0.5) is 11.8 Å². The summed E-state index contributed by atoms with van der Waals surface area (Å²) in [5.74, 6) is 1.46. The molecule has 0 aliphatic rings. The third kappa shape index (κ3) is 5.29. The van der Waals surface area contributed by atoms with Crippen molar-refractivity contribution >= 4 is 11.8 Å². The molecule has 0 amide bonds. The lowest BCUT2D eigenvalue weighted by atomic mass is 10.1. The van der Waals surface area contributed by atoms with Gasteiger partial charge in [-0.2, -0.15) is 4.98 Å². The molecule has 3 rings (SSSR count). The number of rotatable bonds is 8. The SMILES string of the molecule is CN(C)CCNc1cc(-c2ccccc2)nc(NCc2ccccc2)n1. The quantitative estimate of drug-likeness (QED) is 0.650. The van der Waals surface area contributed by atoms with Crippen LogP contribution in [-0.4, -0.2) is 42.1 Å². The second-order valence-corrected chi connectivity index (χ2v) is 6.40. The average molecular weight is 347 g/mol. The number of hydrogen-bond donors (Lipinski definition) is 2. The van der Waals surface area contributed by atoms with Gasteiger partial charge >= 0.3 is 0 Å². The highest BCUT2D eigenvalue weighted by atomic mass is 15.2. The van der Waals surface area contributed by atoms with E-state index in [9.17, 15) is 0 Å². The lowest BCUT2D eigenvalue weighted by Gasteiger charge is -2.13. The molecular formula is C21H25N5. The fourth-order valence-corrected chi connectivity index (χ4v) is 2.56. The van der Waals surface area contributed by atoms with Crippen molar-refractivity contribution < 1.29 is 0 Å². The fourth-order valence-electron chi connectivity index (χ4n) is 2.56. The Morgan fingerprint density at radius 1 is 0.846 bits per heavy atom. The molecule has 0 radical (unpaired) electrons. The van der Waals surface area contributed by atoms with Crippen LogP contribution in [0.1, 0.15) is 5.56 Å². The number of hydrogen-bond acceptors (Lipinski definition) is 5. The van der Waals surface area contributed by atoms with Gasteiger partial charge in [-0.15, -0.1) is 0 Å². The Kier molecular flexibility index (Phi) is 6.17. The molecule has 0 aliphatic carbocycles. The van der Waals surface area contributed by atoms with Gasteiger partial charge in [0.2, 0.25) is 5.95 Å². The summed E-state index contributed by atoms with van der Waals surface area (Å²) in [5.41, 5.74) is 3.18. The molecule has 1 heterocycles. The van der Waals surface area contributed by atoms with Crippen molar-refractivity contribution in [2.45, 2.75) is 6.54 Å². The molecule has 0 spiro atoms. The monoisotopic (exact) mass is 347 g/mol. The minimum Gasteiger partial charge on any atom is -0.369 e. The van der Waals surface area contributed by atoms with Crippen molar-refractivity contribution in [1.29, 1.82) is 0 Å². The molecule has 134 valence electrons. The number of likely N-dealkylation sites (N-methyl/N-ethyl adjacent to an activating group) is 1. The Morgan fingerprint density at radius 3 is 2.23 bits per heavy atom. The van der Waals surface area contributed by atoms with E-state index in [4.69, 9.17) is 0 Å². The molecule has 2 aromatic carbocycles. The van der Waals surface area contributed by atoms with Crippen LogP contribution in [0.3, 0.4) is 0 Å². The molecule has 0 bridgehead atoms. The molecule has 0 aliphatic heterocycles. The molecule has 0 unspecified atom stereocenters. The largest absolute Gasteiger partial charge is 0.369 e. The number of aromatic nitrogens is 2. The third-order valence-corrected chi connectivity index (χ3v) is 3.95. The Morgan fingerprint density at radius 2 is 1.54 bits per heavy atom. The normalized spacial score (nSPS) is 10.7. The van der Waals surface area contributed by atoms with Gasteiger partial charge in [0.1, 0.15) is 5.82 Å². The van der Waals surface area contributed by atoms with Gasteiger partial charge in [-0.25, -0.2) is 4.98 Å². The van der Waals surface area contributed by atoms with Gasteiger partial charge in [-0.05, 0) is 19.7 Å². The molecule has 0 fully saturated rings. The van der Waals surface area contributed by atoms with E-state index in [1.807, 2.05) is 42.5 Å². The highest BCUT2D eigenvalue weighted by molar-refractivity contribution is 5.64. The van der Waals surface area contributed by atoms with Crippen LogP contribution >= 0.6 is 0 Å². The maximum Gasteiger partial charge on any atom is 0.225 e. The number of nitrogens with zero attached hydrogens (tertiary/aromatic N) is 3. The molecule has 2 N–H and O–H groups in total. The van der Waals surface area contributed by atoms with Crippen molar-refractivity contribution in [3.63, 3.8) is 0 Å². The highest BCUT2D eigenvalue weighted by Gasteiger charge is 2.07. The lowest BCUT2D eigenvalue weighted by Crippen LogP contribution is -2.21. The molecule has 3 aromatic rings. The van der Waals surface area contributed by atoms with Gasteiger partial charge in [-0.1, -0.05) is 60.7 Å². The lowest BCUT2D eigenvalue weighted by molar-refractivity contribution is 0.425. The zero-order valence-corrected chi connectivity index (χ0v) is 15.3. The first-order valence-electron chi connectivity index (χ1n) is 8.81. The summed E-state index contributed by atoms with van der Waals surface area (Å²) in [5, 5.41) is 6.73. The summed E-state index contributed by atoms with van der Waals surface area (Å²) in [4.78, 5) is 11.4. The van der Waals surface area contributed by atoms with E-state index in [1.165, 1.54) is 5.56 Å². The molecule has 0 saturated heterocycles. The predicted molar refractivity (Wildman–Crippen MR) is 108 cm³/mol. The first-order chi connectivity index (χ1) is 12.7. The van der Waals surface area contributed by atoms with Crippen LogP contribution in [0, 0.1) is 0 Å². The third-order valence-electron chi connectivity index (χ3n) is 3.95. The molecule has 5 heteroatoms. The van der Waals surface area contributed by atoms with Crippen molar-refractivity contribution in [2.24, 2.45) is 0 Å². The molecule has 0 atom stereocenters. The van der Waals surface area contributed by atoms with E-state index in [0.717, 1.165) is 30.2 Å². The van der Waals surface area contributed by atoms with Crippen LogP contribution in [0.15, 0.2) is 66.7 Å². The zero-order chi connectivity index (χ0) is 18.2. The topological polar surface area (TPSA) is 53.1 Å². The smallest absolute Gasteiger partial charge is 0.225 e. The van der Waals surface area contributed by atoms with Crippen LogP contribution in [-0.2, 0) is 6.54 Å². The van der Waals surface area contributed by atoms with Crippen molar-refractivity contribution in [1.82, 2.24) is 14.9 Å². The van der Waals surface area contributed by atoms with Gasteiger partial charge in [0, 0.05) is 31.3 Å². The first kappa shape index (κ1) is 17.9. The van der Waals surface area contributed by atoms with Crippen LogP contribution < -0.4 is 10.6 Å². The fraction of sp³-hybridized carbons (Fsp3) is 0.238. The first-order valence-corrected chi connectivity index (χ1v) is 8.81. The maximum absolute atomic E-state index is 4.69. The summed E-state index contributed by atoms with van der Waals surface area (Å²) in [6.07, 6.45) is 0. The molecular weight excluding hydrogens is 322 g/mol. The van der Waals surface area contributed by atoms with Crippen LogP contribution in [0.2, 0.25) is 0 Å². The zero-order valence-electron chi connectivity index (χ0n) is 15.3. The Bertz CT molecular complexity index is 803. The van der Waals surface area contributed by atoms with Crippen molar-refractivity contribution in [3.05, 3.63) is 72.3 Å². The van der Waals surface area contributed by atoms with E-state index in [2.05, 4.69) is 63.9 Å². The van der Waals surface area contributed by atoms with Crippen LogP contribution in [0.5, 0.6) is 0 Å². The number of anilines is 2. The molecule has 5 nitrogen and oxygen atoms in total. The Balaban J connectivity index is 1.80. The predicted octanol–water partition coefficient (Wildman–Crippen LogP) is 3.73. The number of nitrogens with one attached hydrogen (secondary N) is 2. The minimum atomic E-state index is 0.627. The summed E-state index contributed by atoms with van der Waals surface area (Å²) < 4.78 is 0. The number of benzene rings is 2.